The molecule has 110 heavy (non-hydrogen) atoms. The largest absolute Gasteiger partial charge is 0.493 e. The molecule has 1 saturated heterocycles. The topological polar surface area (TPSA) is 336 Å². The van der Waals surface area contributed by atoms with Crippen LogP contribution in [-0.2, 0) is 66.7 Å². The molecule has 0 radical (unpaired) electrons. The summed E-state index contributed by atoms with van der Waals surface area (Å²) in [5.74, 6) is 0.675. The average molecular weight is 1550 g/mol. The van der Waals surface area contributed by atoms with Crippen molar-refractivity contribution in [2.45, 2.75) is 96.0 Å². The smallest absolute Gasteiger partial charge is 0.260 e. The summed E-state index contributed by atoms with van der Waals surface area (Å²) in [5, 5.41) is 8.13. The maximum atomic E-state index is 14.2. The van der Waals surface area contributed by atoms with Gasteiger partial charge in [-0.25, -0.2) is 0 Å². The summed E-state index contributed by atoms with van der Waals surface area (Å²) in [6.45, 7) is 14.0. The van der Waals surface area contributed by atoms with Gasteiger partial charge in [-0.1, -0.05) is 45.9 Å². The van der Waals surface area contributed by atoms with E-state index in [-0.39, 0.29) is 136 Å². The van der Waals surface area contributed by atoms with Crippen LogP contribution in [0.4, 0.5) is 17.1 Å². The third-order valence-electron chi connectivity index (χ3n) is 18.6. The number of amides is 7. The summed E-state index contributed by atoms with van der Waals surface area (Å²) in [4.78, 5) is 119. The van der Waals surface area contributed by atoms with Crippen LogP contribution in [0, 0.1) is 11.8 Å². The van der Waals surface area contributed by atoms with Crippen LogP contribution in [-0.4, -0.2) is 256 Å². The summed E-state index contributed by atoms with van der Waals surface area (Å²) in [7, 11) is 3.02. The maximum Gasteiger partial charge on any atom is 0.260 e. The molecule has 5 atom stereocenters. The van der Waals surface area contributed by atoms with E-state index in [0.29, 0.717) is 181 Å². The Balaban J connectivity index is 0.530. The van der Waals surface area contributed by atoms with Crippen LogP contribution in [0.5, 0.6) is 34.5 Å². The number of ketones is 1. The Hall–Kier alpha value is -9.31. The van der Waals surface area contributed by atoms with Crippen molar-refractivity contribution in [3.63, 3.8) is 0 Å². The fourth-order valence-corrected chi connectivity index (χ4v) is 13.6. The third-order valence-corrected chi connectivity index (χ3v) is 19.7. The van der Waals surface area contributed by atoms with Crippen molar-refractivity contribution >= 4 is 99.5 Å². The predicted octanol–water partition coefficient (Wildman–Crippen LogP) is 7.81. The van der Waals surface area contributed by atoms with Crippen LogP contribution in [0.2, 0.25) is 0 Å². The summed E-state index contributed by atoms with van der Waals surface area (Å²) in [6.07, 6.45) is 8.95. The van der Waals surface area contributed by atoms with Crippen LogP contribution in [0.1, 0.15) is 104 Å². The number of nitrogens with one attached hydrogen (secondary N) is 3. The van der Waals surface area contributed by atoms with Gasteiger partial charge in [0.05, 0.1) is 179 Å². The number of carbonyl (C=O) groups is 8. The molecule has 1 unspecified atom stereocenters. The lowest BCUT2D eigenvalue weighted by atomic mass is 9.92. The Kier molecular flexibility index (Phi) is 32.3. The monoisotopic (exact) mass is 1540 g/mol. The zero-order valence-electron chi connectivity index (χ0n) is 63.3. The minimum atomic E-state index is -0.793. The Morgan fingerprint density at radius 2 is 1.06 bits per heavy atom. The van der Waals surface area contributed by atoms with Crippen LogP contribution in [0.3, 0.4) is 0 Å². The molecule has 30 nitrogen and oxygen atoms in total. The minimum absolute atomic E-state index is 0.0386. The number of methoxy groups -OCH3 is 2. The van der Waals surface area contributed by atoms with Crippen LogP contribution < -0.4 is 44.4 Å². The van der Waals surface area contributed by atoms with E-state index in [0.717, 1.165) is 28.0 Å². The van der Waals surface area contributed by atoms with Crippen molar-refractivity contribution in [1.29, 1.82) is 0 Å². The second kappa shape index (κ2) is 42.8. The number of imide groups is 1. The van der Waals surface area contributed by atoms with Gasteiger partial charge in [0.2, 0.25) is 36.3 Å². The number of fused-ring (bicyclic) bond motifs is 5. The first-order chi connectivity index (χ1) is 53.5. The lowest BCUT2D eigenvalue weighted by Gasteiger charge is -2.23. The fraction of sp³-hybridized carbons (Fsp3) is 0.519. The van der Waals surface area contributed by atoms with Crippen LogP contribution >= 0.6 is 11.8 Å². The zero-order chi connectivity index (χ0) is 77.7. The molecule has 6 aliphatic heterocycles. The first-order valence-corrected chi connectivity index (χ1v) is 38.4. The number of carbonyl (C=O) groups excluding carboxylic acids is 8. The molecule has 0 bridgehead atoms. The fourth-order valence-electron chi connectivity index (χ4n) is 12.7. The molecule has 0 aromatic heterocycles. The highest BCUT2D eigenvalue weighted by atomic mass is 32.2. The molecule has 7 amide bonds. The molecular formula is C79H100N8O22S. The Labute approximate surface area is 644 Å². The number of likely N-dealkylation sites (tertiary alicyclic amines) is 1. The molecule has 6 aliphatic rings. The number of rotatable bonds is 49. The van der Waals surface area contributed by atoms with E-state index in [4.69, 9.17) is 76.3 Å². The Bertz CT molecular complexity index is 3960. The molecular weight excluding hydrogens is 1440 g/mol. The van der Waals surface area contributed by atoms with Crippen molar-refractivity contribution < 1.29 is 105 Å². The molecule has 10 rings (SSSR count). The minimum Gasteiger partial charge on any atom is -0.493 e. The maximum absolute atomic E-state index is 14.2. The van der Waals surface area contributed by atoms with E-state index in [9.17, 15) is 38.4 Å². The molecule has 0 spiro atoms. The molecule has 1 fully saturated rings. The van der Waals surface area contributed by atoms with Gasteiger partial charge < -0.3 is 92.1 Å². The summed E-state index contributed by atoms with van der Waals surface area (Å²) in [5.41, 5.74) is 5.85. The second-order valence-corrected chi connectivity index (χ2v) is 28.2. The van der Waals surface area contributed by atoms with Gasteiger partial charge in [-0.3, -0.25) is 53.2 Å². The summed E-state index contributed by atoms with van der Waals surface area (Å²) < 4.78 is 79.1. The van der Waals surface area contributed by atoms with Crippen LogP contribution in [0.15, 0.2) is 89.1 Å². The lowest BCUT2D eigenvalue weighted by Crippen LogP contribution is -2.45. The molecule has 4 aromatic carbocycles. The highest BCUT2D eigenvalue weighted by Gasteiger charge is 2.40. The molecule has 3 N–H and O–H groups in total. The first-order valence-electron chi connectivity index (χ1n) is 37.3. The Morgan fingerprint density at radius 1 is 0.564 bits per heavy atom. The molecule has 594 valence electrons. The number of hydrogen-bond donors (Lipinski definition) is 3. The predicted molar refractivity (Wildman–Crippen MR) is 408 cm³/mol. The third kappa shape index (κ3) is 23.6. The van der Waals surface area contributed by atoms with Crippen molar-refractivity contribution in [3.8, 4) is 34.5 Å². The quantitative estimate of drug-likeness (QED) is 0.0280. The Morgan fingerprint density at radius 3 is 1.58 bits per heavy atom. The highest BCUT2D eigenvalue weighted by Crippen LogP contribution is 2.44. The number of nitrogens with zero attached hydrogens (tertiary/aromatic N) is 5. The summed E-state index contributed by atoms with van der Waals surface area (Å²) >= 11 is 1.45. The number of aliphatic imine (C=N–C) groups is 2. The molecule has 0 aliphatic carbocycles. The highest BCUT2D eigenvalue weighted by molar-refractivity contribution is 8.00. The van der Waals surface area contributed by atoms with Crippen molar-refractivity contribution in [3.05, 3.63) is 101 Å². The van der Waals surface area contributed by atoms with E-state index in [1.165, 1.54) is 30.9 Å². The van der Waals surface area contributed by atoms with Gasteiger partial charge in [-0.05, 0) is 70.3 Å². The number of benzene rings is 4. The average Bonchev–Trinajstić information content (AvgIpc) is 1.51. The molecule has 6 heterocycles. The lowest BCUT2D eigenvalue weighted by molar-refractivity contribution is -0.138. The van der Waals surface area contributed by atoms with Gasteiger partial charge in [-0.2, -0.15) is 0 Å². The van der Waals surface area contributed by atoms with Gasteiger partial charge >= 0.3 is 0 Å². The van der Waals surface area contributed by atoms with E-state index in [1.54, 1.807) is 65.6 Å². The standard InChI is InChI=1S/C79H100N8O22S/c1-7-110-71-45-74(91)85(79(71)95)18-15-72(89)80-17-22-99-24-26-101-28-30-103-32-34-105-36-35-104-33-31-102-29-27-100-25-23-98-21-16-73(90)84-75(51(2)3)64(88)37-52(4)76(92)83-57-12-9-53(10-13-57)55-38-58-46-81-62-43-69(66(96-5)41-60(62)77(93)86(58)48-55)106-19-8-20-107-70-44-63-61(42-67(70)97-6)78(94)87-49-56(39-59(87)47-82-63)54-11-14-65-68(40-54)109-50-108-65/h9-14,40-44,46-49,51-52,58-59,71,75H,7-8,15-39,45,50H2,1-6H3,(H,80,89)(H,83,92)(H,84,90)/t52-,58-,59-,71?,75+/m1/s1. The van der Waals surface area contributed by atoms with Crippen molar-refractivity contribution in [1.82, 2.24) is 25.3 Å². The zero-order valence-corrected chi connectivity index (χ0v) is 64.1. The van der Waals surface area contributed by atoms with Crippen LogP contribution in [0.25, 0.3) is 11.1 Å². The van der Waals surface area contributed by atoms with E-state index in [2.05, 4.69) is 16.0 Å². The SMILES string of the molecule is CCSC1CC(=O)N(CCC(=O)NCCOCCOCCOCCOCCOCCOCCOCCOCCC(=O)N[C@H](C(=O)C[C@@H](C)C(=O)Nc2ccc(C3=CN4C(=O)c5cc(OC)c(OCCCOc6cc7c(cc6OC)C(=O)N6C=C(c8ccc9c(c8)OCO9)C[C@@H]6C=N7)cc5N=C[C@H]4C3)cc2)C(C)C)C1=O. The van der Waals surface area contributed by atoms with Gasteiger partial charge in [0, 0.05) is 107 Å². The van der Waals surface area contributed by atoms with E-state index < -0.39 is 12.0 Å². The second-order valence-electron chi connectivity index (χ2n) is 26.7. The van der Waals surface area contributed by atoms with Gasteiger partial charge in [-0.15, -0.1) is 11.8 Å². The van der Waals surface area contributed by atoms with Gasteiger partial charge in [0.15, 0.2) is 40.3 Å². The molecule has 31 heteroatoms. The van der Waals surface area contributed by atoms with Gasteiger partial charge in [0.1, 0.15) is 0 Å². The normalized spacial score (nSPS) is 17.3. The number of anilines is 1. The molecule has 0 saturated carbocycles. The summed E-state index contributed by atoms with van der Waals surface area (Å²) in [6, 6.07) is 18.3. The number of thioether (sulfide) groups is 1. The number of Topliss-reactive ketones (excluding diaryl/α,β-unsaturated/α-hetero) is 1. The first kappa shape index (κ1) is 83.2. The van der Waals surface area contributed by atoms with Gasteiger partial charge in [0.25, 0.3) is 11.8 Å². The van der Waals surface area contributed by atoms with E-state index >= 15 is 0 Å². The van der Waals surface area contributed by atoms with E-state index in [1.807, 2.05) is 63.5 Å². The van der Waals surface area contributed by atoms with Crippen molar-refractivity contribution in [2.24, 2.45) is 21.8 Å². The number of hydrogen-bond acceptors (Lipinski definition) is 25. The van der Waals surface area contributed by atoms with Crippen molar-refractivity contribution in [2.75, 3.05) is 164 Å². The molecule has 4 aromatic rings. The number of ether oxygens (including phenoxy) is 14.